The molecule has 0 aliphatic rings. The quantitative estimate of drug-likeness (QED) is 0.724. The largest absolute Gasteiger partial charge is 0.441 e. The fraction of sp³-hybridized carbons (Fsp3) is 0.294. The normalized spacial score (nSPS) is 12.0. The second kappa shape index (κ2) is 4.88. The van der Waals surface area contributed by atoms with Crippen LogP contribution in [0.15, 0.2) is 51.8 Å². The lowest BCUT2D eigenvalue weighted by Crippen LogP contribution is -2.25. The van der Waals surface area contributed by atoms with Gasteiger partial charge >= 0.3 is 5.76 Å². The lowest BCUT2D eigenvalue weighted by Gasteiger charge is -2.17. The van der Waals surface area contributed by atoms with Crippen LogP contribution in [0.4, 0.5) is 0 Å². The molecular formula is C17H18N2O2. The van der Waals surface area contributed by atoms with Crippen molar-refractivity contribution in [2.24, 2.45) is 0 Å². The van der Waals surface area contributed by atoms with Gasteiger partial charge in [-0.15, -0.1) is 0 Å². The minimum atomic E-state index is -0.409. The fourth-order valence-corrected chi connectivity index (χ4v) is 2.55. The van der Waals surface area contributed by atoms with Crippen molar-refractivity contribution in [3.8, 4) is 0 Å². The van der Waals surface area contributed by atoms with Gasteiger partial charge in [-0.1, -0.05) is 68.4 Å². The SMILES string of the molecule is CC(C)(C)c1noc(=O)n1Cc1cccc2ccccc12. The molecule has 3 aromatic rings. The zero-order valence-electron chi connectivity index (χ0n) is 12.5. The highest BCUT2D eigenvalue weighted by atomic mass is 16.5. The van der Waals surface area contributed by atoms with Crippen molar-refractivity contribution < 1.29 is 4.52 Å². The van der Waals surface area contributed by atoms with E-state index in [4.69, 9.17) is 4.52 Å². The van der Waals surface area contributed by atoms with Crippen LogP contribution >= 0.6 is 0 Å². The van der Waals surface area contributed by atoms with Gasteiger partial charge in [0.15, 0.2) is 5.82 Å². The van der Waals surface area contributed by atoms with E-state index < -0.39 is 5.76 Å². The molecule has 0 amide bonds. The molecule has 0 spiro atoms. The number of hydrogen-bond donors (Lipinski definition) is 0. The summed E-state index contributed by atoms with van der Waals surface area (Å²) < 4.78 is 6.48. The molecule has 0 radical (unpaired) electrons. The van der Waals surface area contributed by atoms with Crippen LogP contribution in [0.1, 0.15) is 32.2 Å². The second-order valence-electron chi connectivity index (χ2n) is 6.25. The first-order chi connectivity index (χ1) is 9.97. The van der Waals surface area contributed by atoms with Crippen molar-refractivity contribution in [1.29, 1.82) is 0 Å². The summed E-state index contributed by atoms with van der Waals surface area (Å²) in [6, 6.07) is 14.3. The molecule has 0 saturated heterocycles. The van der Waals surface area contributed by atoms with Gasteiger partial charge < -0.3 is 0 Å². The van der Waals surface area contributed by atoms with E-state index in [1.807, 2.05) is 45.0 Å². The standard InChI is InChI=1S/C17H18N2O2/c1-17(2,3)15-18-21-16(20)19(15)11-13-9-6-8-12-7-4-5-10-14(12)13/h4-10H,11H2,1-3H3. The molecule has 0 saturated carbocycles. The van der Waals surface area contributed by atoms with E-state index in [-0.39, 0.29) is 5.41 Å². The minimum absolute atomic E-state index is 0.239. The Hall–Kier alpha value is -2.36. The van der Waals surface area contributed by atoms with E-state index >= 15 is 0 Å². The average Bonchev–Trinajstić information content (AvgIpc) is 2.81. The Bertz CT molecular complexity index is 832. The molecule has 0 fully saturated rings. The number of aromatic nitrogens is 2. The van der Waals surface area contributed by atoms with Crippen molar-refractivity contribution >= 4 is 10.8 Å². The average molecular weight is 282 g/mol. The maximum Gasteiger partial charge on any atom is 0.441 e. The van der Waals surface area contributed by atoms with E-state index in [0.29, 0.717) is 12.4 Å². The molecule has 0 N–H and O–H groups in total. The van der Waals surface area contributed by atoms with Crippen LogP contribution < -0.4 is 5.76 Å². The first-order valence-corrected chi connectivity index (χ1v) is 7.00. The van der Waals surface area contributed by atoms with Crippen LogP contribution in [0.25, 0.3) is 10.8 Å². The van der Waals surface area contributed by atoms with Crippen molar-refractivity contribution in [3.05, 3.63) is 64.4 Å². The summed E-state index contributed by atoms with van der Waals surface area (Å²) in [7, 11) is 0. The molecule has 3 rings (SSSR count). The highest BCUT2D eigenvalue weighted by Crippen LogP contribution is 2.22. The van der Waals surface area contributed by atoms with Crippen LogP contribution in [0, 0.1) is 0 Å². The Labute approximate surface area is 123 Å². The smallest absolute Gasteiger partial charge is 0.296 e. The van der Waals surface area contributed by atoms with Crippen molar-refractivity contribution in [2.75, 3.05) is 0 Å². The van der Waals surface area contributed by atoms with Gasteiger partial charge in [0.25, 0.3) is 0 Å². The van der Waals surface area contributed by atoms with E-state index in [0.717, 1.165) is 16.3 Å². The summed E-state index contributed by atoms with van der Waals surface area (Å²) >= 11 is 0. The van der Waals surface area contributed by atoms with Gasteiger partial charge in [0.1, 0.15) is 0 Å². The van der Waals surface area contributed by atoms with Gasteiger partial charge in [-0.25, -0.2) is 4.79 Å². The molecular weight excluding hydrogens is 264 g/mol. The predicted molar refractivity (Wildman–Crippen MR) is 82.5 cm³/mol. The second-order valence-corrected chi connectivity index (χ2v) is 6.25. The minimum Gasteiger partial charge on any atom is -0.296 e. The van der Waals surface area contributed by atoms with Gasteiger partial charge in [-0.05, 0) is 16.3 Å². The maximum absolute atomic E-state index is 12.0. The van der Waals surface area contributed by atoms with Crippen LogP contribution in [0.3, 0.4) is 0 Å². The highest BCUT2D eigenvalue weighted by Gasteiger charge is 2.24. The molecule has 4 heteroatoms. The lowest BCUT2D eigenvalue weighted by atomic mass is 9.95. The van der Waals surface area contributed by atoms with E-state index in [1.165, 1.54) is 0 Å². The Kier molecular flexibility index (Phi) is 3.16. The third kappa shape index (κ3) is 2.49. The van der Waals surface area contributed by atoms with Gasteiger partial charge in [-0.3, -0.25) is 9.09 Å². The molecule has 1 heterocycles. The molecule has 0 aliphatic carbocycles. The summed E-state index contributed by atoms with van der Waals surface area (Å²) in [5.74, 6) is 0.258. The topological polar surface area (TPSA) is 48.0 Å². The summed E-state index contributed by atoms with van der Waals surface area (Å²) in [4.78, 5) is 12.0. The third-order valence-corrected chi connectivity index (χ3v) is 3.57. The number of hydrogen-bond acceptors (Lipinski definition) is 3. The number of fused-ring (bicyclic) bond motifs is 1. The van der Waals surface area contributed by atoms with E-state index in [1.54, 1.807) is 4.57 Å². The molecule has 0 atom stereocenters. The number of rotatable bonds is 2. The van der Waals surface area contributed by atoms with Gasteiger partial charge in [0.05, 0.1) is 6.54 Å². The van der Waals surface area contributed by atoms with Crippen molar-refractivity contribution in [3.63, 3.8) is 0 Å². The first kappa shape index (κ1) is 13.6. The summed E-state index contributed by atoms with van der Waals surface area (Å²) in [6.45, 7) is 6.52. The van der Waals surface area contributed by atoms with Crippen molar-refractivity contribution in [1.82, 2.24) is 9.72 Å². The Morgan fingerprint density at radius 1 is 1.10 bits per heavy atom. The van der Waals surface area contributed by atoms with Gasteiger partial charge in [0, 0.05) is 5.41 Å². The van der Waals surface area contributed by atoms with Crippen molar-refractivity contribution in [2.45, 2.75) is 32.7 Å². The van der Waals surface area contributed by atoms with E-state index in [9.17, 15) is 4.79 Å². The van der Waals surface area contributed by atoms with Crippen LogP contribution in [-0.2, 0) is 12.0 Å². The first-order valence-electron chi connectivity index (χ1n) is 7.00. The van der Waals surface area contributed by atoms with Crippen LogP contribution in [0.2, 0.25) is 0 Å². The number of benzene rings is 2. The predicted octanol–water partition coefficient (Wildman–Crippen LogP) is 3.34. The molecule has 0 aliphatic heterocycles. The molecule has 21 heavy (non-hydrogen) atoms. The Morgan fingerprint density at radius 2 is 1.81 bits per heavy atom. The summed E-state index contributed by atoms with van der Waals surface area (Å²) in [6.07, 6.45) is 0. The molecule has 1 aromatic heterocycles. The Morgan fingerprint density at radius 3 is 2.57 bits per heavy atom. The fourth-order valence-electron chi connectivity index (χ4n) is 2.55. The molecule has 0 unspecified atom stereocenters. The molecule has 2 aromatic carbocycles. The summed E-state index contributed by atoms with van der Waals surface area (Å²) in [5.41, 5.74) is 0.848. The molecule has 4 nitrogen and oxygen atoms in total. The Balaban J connectivity index is 2.12. The molecule has 0 bridgehead atoms. The number of nitrogens with zero attached hydrogens (tertiary/aromatic N) is 2. The molecule has 108 valence electrons. The summed E-state index contributed by atoms with van der Waals surface area (Å²) in [5, 5.41) is 6.25. The van der Waals surface area contributed by atoms with E-state index in [2.05, 4.69) is 23.4 Å². The van der Waals surface area contributed by atoms with Crippen LogP contribution in [0.5, 0.6) is 0 Å². The van der Waals surface area contributed by atoms with Gasteiger partial charge in [-0.2, -0.15) is 0 Å². The lowest BCUT2D eigenvalue weighted by molar-refractivity contribution is 0.367. The van der Waals surface area contributed by atoms with Crippen LogP contribution in [-0.4, -0.2) is 9.72 Å². The third-order valence-electron chi connectivity index (χ3n) is 3.57. The zero-order chi connectivity index (χ0) is 15.0. The zero-order valence-corrected chi connectivity index (χ0v) is 12.5. The monoisotopic (exact) mass is 282 g/mol. The highest BCUT2D eigenvalue weighted by molar-refractivity contribution is 5.85. The maximum atomic E-state index is 12.0. The van der Waals surface area contributed by atoms with Gasteiger partial charge in [0.2, 0.25) is 0 Å².